The van der Waals surface area contributed by atoms with Crippen molar-refractivity contribution in [1.29, 1.82) is 5.26 Å². The van der Waals surface area contributed by atoms with Crippen molar-refractivity contribution >= 4 is 26.8 Å². The molecule has 0 atom stereocenters. The van der Waals surface area contributed by atoms with Gasteiger partial charge in [-0.15, -0.1) is 0 Å². The topological polar surface area (TPSA) is 84.7 Å². The van der Waals surface area contributed by atoms with E-state index in [1.807, 2.05) is 17.7 Å². The van der Waals surface area contributed by atoms with E-state index in [4.69, 9.17) is 9.68 Å². The van der Waals surface area contributed by atoms with E-state index in [1.54, 1.807) is 12.1 Å². The normalized spacial score (nSPS) is 14.1. The maximum Gasteiger partial charge on any atom is 0.347 e. The van der Waals surface area contributed by atoms with E-state index in [1.165, 1.54) is 6.07 Å². The van der Waals surface area contributed by atoms with E-state index in [-0.39, 0.29) is 5.89 Å². The lowest BCUT2D eigenvalue weighted by Crippen LogP contribution is -2.07. The lowest BCUT2D eigenvalue weighted by molar-refractivity contribution is 0.505. The maximum atomic E-state index is 12.3. The first kappa shape index (κ1) is 14.2. The predicted octanol–water partition coefficient (Wildman–Crippen LogP) is 3.33. The number of benzene rings is 1. The van der Waals surface area contributed by atoms with Crippen molar-refractivity contribution in [3.63, 3.8) is 0 Å². The van der Waals surface area contributed by atoms with Crippen molar-refractivity contribution in [1.82, 2.24) is 14.8 Å². The zero-order valence-electron chi connectivity index (χ0n) is 12.2. The molecule has 2 heterocycles. The van der Waals surface area contributed by atoms with E-state index in [0.717, 1.165) is 18.4 Å². The van der Waals surface area contributed by atoms with E-state index in [2.05, 4.69) is 26.0 Å². The van der Waals surface area contributed by atoms with Crippen LogP contribution in [0.3, 0.4) is 0 Å². The Morgan fingerprint density at radius 3 is 2.87 bits per heavy atom. The minimum atomic E-state index is -0.495. The summed E-state index contributed by atoms with van der Waals surface area (Å²) < 4.78 is 7.93. The molecule has 1 fully saturated rings. The Morgan fingerprint density at radius 2 is 2.17 bits per heavy atom. The SMILES string of the molecule is Cc1cc(C#N)cc2c(=O)oc(-c3cc(Br)nn3C3CC3)nc12. The van der Waals surface area contributed by atoms with Crippen LogP contribution in [0.5, 0.6) is 0 Å². The van der Waals surface area contributed by atoms with Gasteiger partial charge in [-0.05, 0) is 53.4 Å². The second-order valence-electron chi connectivity index (χ2n) is 5.64. The average Bonchev–Trinajstić information content (AvgIpc) is 3.30. The molecule has 1 aliphatic rings. The van der Waals surface area contributed by atoms with Gasteiger partial charge in [0.05, 0.1) is 28.6 Å². The molecule has 3 aromatic rings. The molecule has 0 aliphatic heterocycles. The number of rotatable bonds is 2. The van der Waals surface area contributed by atoms with Crippen LogP contribution in [0.25, 0.3) is 22.5 Å². The molecule has 114 valence electrons. The summed E-state index contributed by atoms with van der Waals surface area (Å²) in [6.45, 7) is 1.83. The summed E-state index contributed by atoms with van der Waals surface area (Å²) in [7, 11) is 0. The van der Waals surface area contributed by atoms with Gasteiger partial charge in [0.1, 0.15) is 10.3 Å². The Balaban J connectivity index is 1.98. The van der Waals surface area contributed by atoms with Gasteiger partial charge >= 0.3 is 5.63 Å². The third-order valence-corrected chi connectivity index (χ3v) is 4.26. The van der Waals surface area contributed by atoms with Crippen LogP contribution in [0.15, 0.2) is 32.0 Å². The maximum absolute atomic E-state index is 12.3. The van der Waals surface area contributed by atoms with Gasteiger partial charge < -0.3 is 4.42 Å². The first-order chi connectivity index (χ1) is 11.1. The first-order valence-corrected chi connectivity index (χ1v) is 7.97. The van der Waals surface area contributed by atoms with Gasteiger partial charge in [0, 0.05) is 6.07 Å². The van der Waals surface area contributed by atoms with Crippen molar-refractivity contribution < 1.29 is 4.42 Å². The Hall–Kier alpha value is -2.46. The summed E-state index contributed by atoms with van der Waals surface area (Å²) in [5.41, 5.74) is 1.93. The van der Waals surface area contributed by atoms with Crippen LogP contribution in [0.2, 0.25) is 0 Å². The summed E-state index contributed by atoms with van der Waals surface area (Å²) >= 11 is 3.36. The van der Waals surface area contributed by atoms with Gasteiger partial charge in [0.25, 0.3) is 0 Å². The highest BCUT2D eigenvalue weighted by Crippen LogP contribution is 2.38. The molecule has 0 saturated heterocycles. The molecule has 6 nitrogen and oxygen atoms in total. The second-order valence-corrected chi connectivity index (χ2v) is 6.45. The number of nitriles is 1. The number of halogens is 1. The van der Waals surface area contributed by atoms with Crippen LogP contribution in [-0.2, 0) is 0 Å². The Morgan fingerprint density at radius 1 is 1.39 bits per heavy atom. The fourth-order valence-electron chi connectivity index (χ4n) is 2.65. The Kier molecular flexibility index (Phi) is 3.10. The van der Waals surface area contributed by atoms with E-state index >= 15 is 0 Å². The zero-order valence-corrected chi connectivity index (χ0v) is 13.8. The summed E-state index contributed by atoms with van der Waals surface area (Å²) in [6, 6.07) is 7.40. The number of hydrogen-bond acceptors (Lipinski definition) is 5. The number of hydrogen-bond donors (Lipinski definition) is 0. The fraction of sp³-hybridized carbons (Fsp3) is 0.250. The fourth-order valence-corrected chi connectivity index (χ4v) is 3.03. The van der Waals surface area contributed by atoms with Crippen molar-refractivity contribution in [2.24, 2.45) is 0 Å². The molecular formula is C16H11BrN4O2. The molecule has 23 heavy (non-hydrogen) atoms. The standard InChI is InChI=1S/C16H11BrN4O2/c1-8-4-9(7-18)5-11-14(8)19-15(23-16(11)22)12-6-13(17)20-21(12)10-2-3-10/h4-6,10H,2-3H2,1H3. The van der Waals surface area contributed by atoms with Gasteiger partial charge in [-0.2, -0.15) is 10.4 Å². The molecule has 0 spiro atoms. The van der Waals surface area contributed by atoms with E-state index < -0.39 is 5.63 Å². The molecule has 0 unspecified atom stereocenters. The van der Waals surface area contributed by atoms with Crippen LogP contribution in [0.4, 0.5) is 0 Å². The zero-order chi connectivity index (χ0) is 16.1. The molecule has 0 radical (unpaired) electrons. The van der Waals surface area contributed by atoms with Crippen molar-refractivity contribution in [2.45, 2.75) is 25.8 Å². The predicted molar refractivity (Wildman–Crippen MR) is 86.9 cm³/mol. The summed E-state index contributed by atoms with van der Waals surface area (Å²) in [5.74, 6) is 0.250. The number of aryl methyl sites for hydroxylation is 1. The minimum Gasteiger partial charge on any atom is -0.401 e. The third-order valence-electron chi connectivity index (χ3n) is 3.87. The van der Waals surface area contributed by atoms with Crippen LogP contribution >= 0.6 is 15.9 Å². The van der Waals surface area contributed by atoms with Crippen LogP contribution in [0.1, 0.15) is 30.0 Å². The minimum absolute atomic E-state index is 0.250. The molecule has 0 bridgehead atoms. The molecule has 4 rings (SSSR count). The van der Waals surface area contributed by atoms with Gasteiger partial charge in [0.15, 0.2) is 0 Å². The van der Waals surface area contributed by atoms with Gasteiger partial charge in [-0.3, -0.25) is 4.68 Å². The molecule has 2 aromatic heterocycles. The van der Waals surface area contributed by atoms with Gasteiger partial charge in [-0.25, -0.2) is 9.78 Å². The third kappa shape index (κ3) is 2.35. The quantitative estimate of drug-likeness (QED) is 0.690. The van der Waals surface area contributed by atoms with Crippen LogP contribution in [-0.4, -0.2) is 14.8 Å². The molecule has 1 saturated carbocycles. The van der Waals surface area contributed by atoms with Gasteiger partial charge in [0.2, 0.25) is 5.89 Å². The van der Waals surface area contributed by atoms with Crippen LogP contribution in [0, 0.1) is 18.3 Å². The molecule has 0 N–H and O–H groups in total. The van der Waals surface area contributed by atoms with Gasteiger partial charge in [-0.1, -0.05) is 0 Å². The highest BCUT2D eigenvalue weighted by molar-refractivity contribution is 9.10. The molecule has 7 heteroatoms. The second kappa shape index (κ2) is 5.03. The molecular weight excluding hydrogens is 360 g/mol. The largest absolute Gasteiger partial charge is 0.401 e. The summed E-state index contributed by atoms with van der Waals surface area (Å²) in [5, 5.41) is 13.8. The van der Waals surface area contributed by atoms with Crippen molar-refractivity contribution in [3.8, 4) is 17.7 Å². The Bertz CT molecular complexity index is 1040. The molecule has 0 amide bonds. The smallest absolute Gasteiger partial charge is 0.347 e. The lowest BCUT2D eigenvalue weighted by Gasteiger charge is -2.06. The first-order valence-electron chi connectivity index (χ1n) is 7.18. The summed E-state index contributed by atoms with van der Waals surface area (Å²) in [6.07, 6.45) is 2.12. The average molecular weight is 371 g/mol. The van der Waals surface area contributed by atoms with Crippen molar-refractivity contribution in [2.75, 3.05) is 0 Å². The monoisotopic (exact) mass is 370 g/mol. The van der Waals surface area contributed by atoms with Crippen LogP contribution < -0.4 is 5.63 Å². The number of fused-ring (bicyclic) bond motifs is 1. The summed E-state index contributed by atoms with van der Waals surface area (Å²) in [4.78, 5) is 16.8. The number of aromatic nitrogens is 3. The highest BCUT2D eigenvalue weighted by atomic mass is 79.9. The Labute approximate surface area is 139 Å². The number of nitrogens with zero attached hydrogens (tertiary/aromatic N) is 4. The highest BCUT2D eigenvalue weighted by Gasteiger charge is 2.29. The van der Waals surface area contributed by atoms with E-state index in [0.29, 0.717) is 32.8 Å². The van der Waals surface area contributed by atoms with Crippen molar-refractivity contribution in [3.05, 3.63) is 44.3 Å². The molecule has 1 aromatic carbocycles. The molecule has 1 aliphatic carbocycles. The van der Waals surface area contributed by atoms with E-state index in [9.17, 15) is 4.79 Å². The lowest BCUT2D eigenvalue weighted by atomic mass is 10.1.